The molecule has 2 atom stereocenters. The first-order valence-corrected chi connectivity index (χ1v) is 50.6. The Balaban J connectivity index is 0.0000000800. The summed E-state index contributed by atoms with van der Waals surface area (Å²) in [6, 6.07) is 0. The van der Waals surface area contributed by atoms with Crippen molar-refractivity contribution < 1.29 is 4.39 Å². The van der Waals surface area contributed by atoms with E-state index in [1.807, 2.05) is 0 Å². The van der Waals surface area contributed by atoms with Crippen LogP contribution in [0, 0.1) is 175 Å². The van der Waals surface area contributed by atoms with E-state index in [0.717, 1.165) is 165 Å². The van der Waals surface area contributed by atoms with Gasteiger partial charge in [0.15, 0.2) is 0 Å². The number of hydrogen-bond acceptors (Lipinski definition) is 0. The minimum atomic E-state index is -0.700. The fraction of sp³-hybridized carbons (Fsp3) is 1.00. The van der Waals surface area contributed by atoms with Crippen LogP contribution in [0.3, 0.4) is 0 Å². The van der Waals surface area contributed by atoms with Gasteiger partial charge in [-0.25, -0.2) is 4.39 Å². The third-order valence-corrected chi connectivity index (χ3v) is 43.2. The molecule has 36 aliphatic carbocycles. The van der Waals surface area contributed by atoms with Crippen LogP contribution < -0.4 is 0 Å². The molecule has 582 valence electrons. The van der Waals surface area contributed by atoms with E-state index in [0.29, 0.717) is 23.8 Å². The summed E-state index contributed by atoms with van der Waals surface area (Å²) in [7, 11) is 0. The molecule has 0 amide bonds. The normalized spacial score (nSPS) is 60.6. The minimum Gasteiger partial charge on any atom is -0.244 e. The topological polar surface area (TPSA) is 0 Å². The lowest BCUT2D eigenvalue weighted by molar-refractivity contribution is -0.0920. The van der Waals surface area contributed by atoms with Gasteiger partial charge in [-0.05, 0) is 515 Å². The van der Waals surface area contributed by atoms with Crippen LogP contribution in [0.4, 0.5) is 4.39 Å². The van der Waals surface area contributed by atoms with Crippen molar-refractivity contribution in [2.45, 2.75) is 415 Å². The lowest BCUT2D eigenvalue weighted by atomic mass is 9.45. The van der Waals surface area contributed by atoms with Gasteiger partial charge in [0.1, 0.15) is 5.67 Å². The fourth-order valence-corrected chi connectivity index (χ4v) is 46.2. The molecule has 0 aromatic rings. The molecular formula is C96H149Br4Cl2F. The minimum absolute atomic E-state index is 0.197. The van der Waals surface area contributed by atoms with Crippen molar-refractivity contribution in [1.82, 2.24) is 0 Å². The van der Waals surface area contributed by atoms with Gasteiger partial charge >= 0.3 is 0 Å². The Labute approximate surface area is 675 Å². The average Bonchev–Trinajstić information content (AvgIpc) is 0.732. The lowest BCUT2D eigenvalue weighted by Gasteiger charge is -2.63. The third-order valence-electron chi connectivity index (χ3n) is 38.0. The summed E-state index contributed by atoms with van der Waals surface area (Å²) < 4.78 is 15.6. The van der Waals surface area contributed by atoms with E-state index in [-0.39, 0.29) is 9.75 Å². The molecule has 36 rings (SSSR count). The smallest absolute Gasteiger partial charge is 0.111 e. The highest BCUT2D eigenvalue weighted by molar-refractivity contribution is 9.10. The second kappa shape index (κ2) is 27.8. The third kappa shape index (κ3) is 16.4. The molecule has 36 aliphatic rings. The summed E-state index contributed by atoms with van der Waals surface area (Å²) in [5.74, 6) is 26.4. The van der Waals surface area contributed by atoms with Crippen molar-refractivity contribution in [3.8, 4) is 0 Å². The molecule has 0 aromatic heterocycles. The molecular weight excluding hydrogens is 1560 g/mol. The first kappa shape index (κ1) is 75.5. The first-order chi connectivity index (χ1) is 48.8. The molecule has 0 saturated heterocycles. The summed E-state index contributed by atoms with van der Waals surface area (Å²) >= 11 is 29.0. The maximum absolute atomic E-state index is 13.9. The largest absolute Gasteiger partial charge is 0.244 e. The summed E-state index contributed by atoms with van der Waals surface area (Å²) in [5.41, 5.74) is 2.85. The average molecular weight is 1710 g/mol. The molecule has 36 fully saturated rings. The molecule has 0 radical (unpaired) electrons. The zero-order valence-electron chi connectivity index (χ0n) is 66.3. The zero-order chi connectivity index (χ0) is 70.7. The van der Waals surface area contributed by atoms with Gasteiger partial charge in [0.05, 0.1) is 0 Å². The molecule has 0 heterocycles. The zero-order valence-corrected chi connectivity index (χ0v) is 74.2. The molecule has 103 heavy (non-hydrogen) atoms. The van der Waals surface area contributed by atoms with Crippen LogP contribution in [0.1, 0.15) is 381 Å². The Morgan fingerprint density at radius 2 is 0.495 bits per heavy atom. The van der Waals surface area contributed by atoms with Crippen LogP contribution in [-0.4, -0.2) is 33.2 Å². The SMILES string of the molecule is BrC12CC3CC(C1)CC(Br)(C3)C2.BrC12CC3CC(CC(C3)C1)C2.BrC1C2CC3CC(C2)CC1C3.C1C2CC3CC1CC(C2)C3.CC12CC3CC(C)(C1)CC(Cl)(C3)C2.CC12CC3CC(C1)CC(C)(C3)C2.CCC12CC3CC(CC(C3)C1)C2.ClC12CC3CC(CC(C3)C1)C2.FC12CC3CC(CC(C3)C1)C2. The number of halogens is 7. The van der Waals surface area contributed by atoms with E-state index in [2.05, 4.69) is 98.3 Å². The standard InChI is InChI=1S/C12H19Cl.2C12H20.C10H14Br2.2C10H15Br.C10H15Cl.C10H15F.C10H16/c1-10-3-9-4-11(2,6-10)8-12(13,5-9)7-10;1-11-4-9-3-10(5-11)7-12(2,6-9)8-11;1-2-12-6-9-3-10(7-12)5-11(4-9)8-12;11-9-2-7-1-8(4-9)5-10(12,3-7)6-9;11-10-4-7-1-8(5-10)3-9(2-7)6-10;11-10-8-2-6-1-7(4-8)5-9(10)3-6;2*11-10-4-7-1-8(5-10)3-9(2-7)6-10;1-7-2-9-4-8(1)5-10(3-7)6-9/h9H,3-8H2,1-2H3;9-10H,3-8H2,1-2H3;9-11H,2-8H2,1H3;7-8H,1-6H2;7-9H,1-6H2;6-10H,1-5H2;2*7-9H,1-6H2;7-10H,1-6H2. The van der Waals surface area contributed by atoms with Gasteiger partial charge in [-0.2, -0.15) is 0 Å². The highest BCUT2D eigenvalue weighted by Gasteiger charge is 2.62. The Morgan fingerprint density at radius 3 is 0.767 bits per heavy atom. The maximum Gasteiger partial charge on any atom is 0.111 e. The van der Waals surface area contributed by atoms with Crippen LogP contribution in [0.2, 0.25) is 0 Å². The van der Waals surface area contributed by atoms with Crippen LogP contribution in [0.15, 0.2) is 0 Å². The Hall–Kier alpha value is 2.43. The van der Waals surface area contributed by atoms with Crippen molar-refractivity contribution in [3.05, 3.63) is 0 Å². The van der Waals surface area contributed by atoms with Gasteiger partial charge in [0.2, 0.25) is 0 Å². The van der Waals surface area contributed by atoms with Gasteiger partial charge in [-0.15, -0.1) is 23.2 Å². The second-order valence-electron chi connectivity index (χ2n) is 49.4. The molecule has 2 unspecified atom stereocenters. The number of hydrogen-bond donors (Lipinski definition) is 0. The van der Waals surface area contributed by atoms with Gasteiger partial charge in [0.25, 0.3) is 0 Å². The Bertz CT molecular complexity index is 2540. The number of rotatable bonds is 1. The Kier molecular flexibility index (Phi) is 20.4. The first-order valence-electron chi connectivity index (χ1n) is 46.5. The van der Waals surface area contributed by atoms with Gasteiger partial charge in [-0.1, -0.05) is 105 Å². The van der Waals surface area contributed by atoms with Crippen LogP contribution in [-0.2, 0) is 0 Å². The summed E-state index contributed by atoms with van der Waals surface area (Å²) in [4.78, 5) is 1.37. The maximum atomic E-state index is 13.9. The van der Waals surface area contributed by atoms with E-state index < -0.39 is 5.67 Å². The van der Waals surface area contributed by atoms with Gasteiger partial charge in [-0.3, -0.25) is 0 Å². The molecule has 7 heteroatoms. The molecule has 36 saturated carbocycles. The predicted octanol–water partition coefficient (Wildman–Crippen LogP) is 30.6. The van der Waals surface area contributed by atoms with E-state index in [1.54, 1.807) is 161 Å². The Morgan fingerprint density at radius 1 is 0.252 bits per heavy atom. The molecule has 0 spiro atoms. The van der Waals surface area contributed by atoms with Crippen molar-refractivity contribution in [1.29, 1.82) is 0 Å². The van der Waals surface area contributed by atoms with Crippen molar-refractivity contribution in [2.24, 2.45) is 175 Å². The van der Waals surface area contributed by atoms with Gasteiger partial charge < -0.3 is 0 Å². The van der Waals surface area contributed by atoms with E-state index in [9.17, 15) is 4.39 Å². The second-order valence-corrected chi connectivity index (χ2v) is 57.1. The van der Waals surface area contributed by atoms with E-state index >= 15 is 0 Å². The summed E-state index contributed by atoms with van der Waals surface area (Å²) in [6.45, 7) is 12.4. The van der Waals surface area contributed by atoms with Crippen molar-refractivity contribution in [2.75, 3.05) is 0 Å². The number of alkyl halides is 7. The summed E-state index contributed by atoms with van der Waals surface area (Å²) in [6.07, 6.45) is 79.0. The van der Waals surface area contributed by atoms with Crippen LogP contribution >= 0.6 is 86.9 Å². The molecule has 0 N–H and O–H groups in total. The predicted molar refractivity (Wildman–Crippen MR) is 446 cm³/mol. The highest BCUT2D eigenvalue weighted by atomic mass is 79.9. The molecule has 0 aliphatic heterocycles. The van der Waals surface area contributed by atoms with Crippen molar-refractivity contribution in [3.63, 3.8) is 0 Å². The highest BCUT2D eigenvalue weighted by Crippen LogP contribution is 2.71. The quantitative estimate of drug-likeness (QED) is 0.230. The molecule has 36 bridgehead atoms. The fourth-order valence-electron chi connectivity index (χ4n) is 39.2. The van der Waals surface area contributed by atoms with Gasteiger partial charge in [0, 0.05) is 27.5 Å². The summed E-state index contributed by atoms with van der Waals surface area (Å²) in [5, 5.41) is 0. The van der Waals surface area contributed by atoms with Crippen molar-refractivity contribution >= 4 is 86.9 Å². The van der Waals surface area contributed by atoms with Crippen LogP contribution in [0.5, 0.6) is 0 Å². The molecule has 0 aromatic carbocycles. The van der Waals surface area contributed by atoms with E-state index in [4.69, 9.17) is 23.2 Å². The lowest BCUT2D eigenvalue weighted by Crippen LogP contribution is -2.55. The molecule has 0 nitrogen and oxygen atoms in total. The monoisotopic (exact) mass is 1710 g/mol. The van der Waals surface area contributed by atoms with Crippen LogP contribution in [0.25, 0.3) is 0 Å². The van der Waals surface area contributed by atoms with E-state index in [1.165, 1.54) is 191 Å².